The Hall–Kier alpha value is -1.45. The van der Waals surface area contributed by atoms with E-state index in [1.54, 1.807) is 6.26 Å². The Labute approximate surface area is 117 Å². The van der Waals surface area contributed by atoms with E-state index in [0.717, 1.165) is 12.0 Å². The van der Waals surface area contributed by atoms with Gasteiger partial charge in [-0.05, 0) is 17.5 Å². The van der Waals surface area contributed by atoms with Gasteiger partial charge in [-0.15, -0.1) is 0 Å². The third-order valence-corrected chi connectivity index (χ3v) is 4.53. The minimum absolute atomic E-state index is 0.124. The third-order valence-electron chi connectivity index (χ3n) is 3.19. The Kier molecular flexibility index (Phi) is 4.88. The molecule has 0 aliphatic carbocycles. The molecule has 3 atom stereocenters. The second-order valence-corrected chi connectivity index (χ2v) is 6.19. The molecule has 2 rings (SSSR count). The van der Waals surface area contributed by atoms with E-state index < -0.39 is 10.8 Å². The van der Waals surface area contributed by atoms with Gasteiger partial charge in [0, 0.05) is 23.1 Å². The number of hydrogen-bond donors (Lipinski definition) is 1. The van der Waals surface area contributed by atoms with Crippen LogP contribution in [0.2, 0.25) is 0 Å². The number of rotatable bonds is 5. The molecule has 0 aliphatic rings. The lowest BCUT2D eigenvalue weighted by atomic mass is 9.99. The summed E-state index contributed by atoms with van der Waals surface area (Å²) in [6.45, 7) is 0. The summed E-state index contributed by atoms with van der Waals surface area (Å²) in [7, 11) is -0.983. The van der Waals surface area contributed by atoms with Crippen LogP contribution < -0.4 is 5.73 Å². The molecular weight excluding hydrogens is 254 g/mol. The second kappa shape index (κ2) is 6.64. The van der Waals surface area contributed by atoms with Crippen LogP contribution in [-0.4, -0.2) is 16.5 Å². The summed E-state index contributed by atoms with van der Waals surface area (Å²) in [5, 5.41) is -0.124. The zero-order valence-corrected chi connectivity index (χ0v) is 11.8. The minimum Gasteiger partial charge on any atom is -0.326 e. The molecule has 2 aromatic carbocycles. The molecule has 19 heavy (non-hydrogen) atoms. The molecule has 3 heteroatoms. The van der Waals surface area contributed by atoms with Gasteiger partial charge in [0.15, 0.2) is 0 Å². The quantitative estimate of drug-likeness (QED) is 0.910. The topological polar surface area (TPSA) is 43.1 Å². The maximum atomic E-state index is 12.0. The summed E-state index contributed by atoms with van der Waals surface area (Å²) in [6.07, 6.45) is 2.46. The van der Waals surface area contributed by atoms with Gasteiger partial charge < -0.3 is 5.73 Å². The Morgan fingerprint density at radius 2 is 1.53 bits per heavy atom. The van der Waals surface area contributed by atoms with Crippen LogP contribution >= 0.6 is 0 Å². The highest BCUT2D eigenvalue weighted by molar-refractivity contribution is 7.84. The summed E-state index contributed by atoms with van der Waals surface area (Å²) in [5.41, 5.74) is 8.52. The average Bonchev–Trinajstić information content (AvgIpc) is 2.40. The lowest BCUT2D eigenvalue weighted by molar-refractivity contribution is 0.617. The van der Waals surface area contributed by atoms with Crippen molar-refractivity contribution in [3.8, 4) is 0 Å². The first kappa shape index (κ1) is 14.0. The summed E-state index contributed by atoms with van der Waals surface area (Å²) in [6, 6.07) is 19.8. The minimum atomic E-state index is -0.983. The molecule has 0 aromatic heterocycles. The van der Waals surface area contributed by atoms with Crippen molar-refractivity contribution >= 4 is 10.8 Å². The zero-order valence-electron chi connectivity index (χ0n) is 11.0. The molecule has 0 saturated heterocycles. The monoisotopic (exact) mass is 273 g/mol. The largest absolute Gasteiger partial charge is 0.326 e. The van der Waals surface area contributed by atoms with Crippen LogP contribution in [0.15, 0.2) is 60.7 Å². The second-order valence-electron chi connectivity index (χ2n) is 4.68. The van der Waals surface area contributed by atoms with Gasteiger partial charge in [-0.3, -0.25) is 4.21 Å². The molecule has 0 amide bonds. The molecule has 0 heterocycles. The zero-order chi connectivity index (χ0) is 13.7. The maximum Gasteiger partial charge on any atom is 0.0748 e. The fourth-order valence-corrected chi connectivity index (χ4v) is 3.45. The standard InChI is InChI=1S/C16H19NOS/c1-19(18)16(14-10-6-3-7-11-14)15(17)12-13-8-4-2-5-9-13/h2-11,15-16H,12,17H2,1H3. The van der Waals surface area contributed by atoms with E-state index in [9.17, 15) is 4.21 Å². The van der Waals surface area contributed by atoms with Crippen LogP contribution in [0, 0.1) is 0 Å². The van der Waals surface area contributed by atoms with E-state index in [2.05, 4.69) is 12.1 Å². The molecule has 2 nitrogen and oxygen atoms in total. The van der Waals surface area contributed by atoms with Crippen molar-refractivity contribution in [2.45, 2.75) is 17.7 Å². The van der Waals surface area contributed by atoms with Gasteiger partial charge in [-0.1, -0.05) is 60.7 Å². The highest BCUT2D eigenvalue weighted by atomic mass is 32.2. The van der Waals surface area contributed by atoms with E-state index in [4.69, 9.17) is 5.73 Å². The van der Waals surface area contributed by atoms with Crippen molar-refractivity contribution in [2.75, 3.05) is 6.26 Å². The van der Waals surface area contributed by atoms with E-state index in [0.29, 0.717) is 0 Å². The van der Waals surface area contributed by atoms with E-state index >= 15 is 0 Å². The third kappa shape index (κ3) is 3.75. The summed E-state index contributed by atoms with van der Waals surface area (Å²) in [5.74, 6) is 0. The van der Waals surface area contributed by atoms with Crippen LogP contribution in [0.25, 0.3) is 0 Å². The first-order chi connectivity index (χ1) is 9.18. The van der Waals surface area contributed by atoms with Gasteiger partial charge in [-0.2, -0.15) is 0 Å². The molecule has 100 valence electrons. The lowest BCUT2D eigenvalue weighted by Gasteiger charge is -2.22. The Balaban J connectivity index is 2.18. The molecule has 0 saturated carbocycles. The maximum absolute atomic E-state index is 12.0. The van der Waals surface area contributed by atoms with Crippen LogP contribution in [0.4, 0.5) is 0 Å². The molecule has 0 spiro atoms. The smallest absolute Gasteiger partial charge is 0.0748 e. The van der Waals surface area contributed by atoms with Crippen molar-refractivity contribution in [1.82, 2.24) is 0 Å². The van der Waals surface area contributed by atoms with Crippen LogP contribution in [0.1, 0.15) is 16.4 Å². The predicted octanol–water partition coefficient (Wildman–Crippen LogP) is 2.68. The van der Waals surface area contributed by atoms with E-state index in [1.165, 1.54) is 5.56 Å². The van der Waals surface area contributed by atoms with E-state index in [1.807, 2.05) is 48.5 Å². The van der Waals surface area contributed by atoms with Gasteiger partial charge in [0.2, 0.25) is 0 Å². The van der Waals surface area contributed by atoms with Crippen molar-refractivity contribution in [2.24, 2.45) is 5.73 Å². The van der Waals surface area contributed by atoms with Crippen LogP contribution in [0.5, 0.6) is 0 Å². The number of hydrogen-bond acceptors (Lipinski definition) is 2. The van der Waals surface area contributed by atoms with Crippen LogP contribution in [0.3, 0.4) is 0 Å². The molecule has 0 fully saturated rings. The number of benzene rings is 2. The van der Waals surface area contributed by atoms with Gasteiger partial charge >= 0.3 is 0 Å². The summed E-state index contributed by atoms with van der Waals surface area (Å²) < 4.78 is 12.0. The van der Waals surface area contributed by atoms with Gasteiger partial charge in [-0.25, -0.2) is 0 Å². The normalized spacial score (nSPS) is 15.7. The fraction of sp³-hybridized carbons (Fsp3) is 0.250. The van der Waals surface area contributed by atoms with Crippen molar-refractivity contribution in [3.05, 3.63) is 71.8 Å². The lowest BCUT2D eigenvalue weighted by Crippen LogP contribution is -2.33. The highest BCUT2D eigenvalue weighted by Crippen LogP contribution is 2.23. The Morgan fingerprint density at radius 1 is 1.00 bits per heavy atom. The molecule has 2 N–H and O–H groups in total. The molecule has 0 aliphatic heterocycles. The van der Waals surface area contributed by atoms with Gasteiger partial charge in [0.05, 0.1) is 5.25 Å². The average molecular weight is 273 g/mol. The first-order valence-electron chi connectivity index (χ1n) is 6.35. The molecule has 2 aromatic rings. The summed E-state index contributed by atoms with van der Waals surface area (Å²) >= 11 is 0. The SMILES string of the molecule is CS(=O)C(c1ccccc1)C(N)Cc1ccccc1. The Bertz CT molecular complexity index is 527. The molecule has 0 radical (unpaired) electrons. The van der Waals surface area contributed by atoms with Crippen molar-refractivity contribution in [1.29, 1.82) is 0 Å². The highest BCUT2D eigenvalue weighted by Gasteiger charge is 2.23. The van der Waals surface area contributed by atoms with Crippen LogP contribution in [-0.2, 0) is 17.2 Å². The van der Waals surface area contributed by atoms with E-state index in [-0.39, 0.29) is 11.3 Å². The predicted molar refractivity (Wildman–Crippen MR) is 81.4 cm³/mol. The molecular formula is C16H19NOS. The Morgan fingerprint density at radius 3 is 2.05 bits per heavy atom. The molecule has 0 bridgehead atoms. The van der Waals surface area contributed by atoms with Gasteiger partial charge in [0.1, 0.15) is 0 Å². The van der Waals surface area contributed by atoms with Crippen molar-refractivity contribution in [3.63, 3.8) is 0 Å². The summed E-state index contributed by atoms with van der Waals surface area (Å²) in [4.78, 5) is 0. The van der Waals surface area contributed by atoms with Crippen molar-refractivity contribution < 1.29 is 4.21 Å². The fourth-order valence-electron chi connectivity index (χ4n) is 2.32. The molecule has 3 unspecified atom stereocenters. The van der Waals surface area contributed by atoms with Gasteiger partial charge in [0.25, 0.3) is 0 Å². The number of nitrogens with two attached hydrogens (primary N) is 1. The first-order valence-corrected chi connectivity index (χ1v) is 7.97.